The Morgan fingerprint density at radius 3 is 2.57 bits per heavy atom. The van der Waals surface area contributed by atoms with Gasteiger partial charge in [-0.1, -0.05) is 6.07 Å². The summed E-state index contributed by atoms with van der Waals surface area (Å²) in [5.74, 6) is -0.255. The van der Waals surface area contributed by atoms with E-state index in [1.54, 1.807) is 0 Å². The molecule has 0 unspecified atom stereocenters. The van der Waals surface area contributed by atoms with Crippen LogP contribution in [-0.2, 0) is 27.6 Å². The molecule has 1 aliphatic carbocycles. The standard InChI is InChI=1S/C21H24N2O4S/c24-21(23-18-9-6-15-3-1-4-17(15)13-18)16-7-10-20(11-8-16)28(25,26)22-14-19-5-2-12-27-19/h6-11,13,19,22H,1-5,12,14H2,(H,23,24)/t19-/m1/s1. The monoisotopic (exact) mass is 400 g/mol. The summed E-state index contributed by atoms with van der Waals surface area (Å²) in [6.45, 7) is 0.948. The summed E-state index contributed by atoms with van der Waals surface area (Å²) in [7, 11) is -3.62. The quantitative estimate of drug-likeness (QED) is 0.781. The fourth-order valence-corrected chi connectivity index (χ4v) is 4.80. The van der Waals surface area contributed by atoms with Crippen molar-refractivity contribution in [2.75, 3.05) is 18.5 Å². The van der Waals surface area contributed by atoms with Gasteiger partial charge in [-0.05, 0) is 79.6 Å². The molecule has 0 radical (unpaired) electrons. The Morgan fingerprint density at radius 2 is 1.82 bits per heavy atom. The maximum atomic E-state index is 12.5. The molecule has 1 fully saturated rings. The fourth-order valence-electron chi connectivity index (χ4n) is 3.73. The van der Waals surface area contributed by atoms with Gasteiger partial charge in [0.05, 0.1) is 11.0 Å². The first-order valence-corrected chi connectivity index (χ1v) is 11.1. The molecular formula is C21H24N2O4S. The van der Waals surface area contributed by atoms with Crippen molar-refractivity contribution in [3.8, 4) is 0 Å². The lowest BCUT2D eigenvalue weighted by Gasteiger charge is -2.12. The predicted molar refractivity (Wildman–Crippen MR) is 107 cm³/mol. The molecule has 28 heavy (non-hydrogen) atoms. The minimum Gasteiger partial charge on any atom is -0.377 e. The summed E-state index contributed by atoms with van der Waals surface area (Å²) in [6, 6.07) is 12.0. The Kier molecular flexibility index (Phi) is 5.48. The van der Waals surface area contributed by atoms with Gasteiger partial charge in [0.1, 0.15) is 0 Å². The number of benzene rings is 2. The van der Waals surface area contributed by atoms with E-state index in [-0.39, 0.29) is 23.5 Å². The number of ether oxygens (including phenoxy) is 1. The average molecular weight is 401 g/mol. The van der Waals surface area contributed by atoms with Gasteiger partial charge in [-0.2, -0.15) is 0 Å². The number of carbonyl (C=O) groups excluding carboxylic acids is 1. The van der Waals surface area contributed by atoms with Gasteiger partial charge in [0.15, 0.2) is 0 Å². The zero-order chi connectivity index (χ0) is 19.6. The maximum absolute atomic E-state index is 12.5. The number of fused-ring (bicyclic) bond motifs is 1. The zero-order valence-corrected chi connectivity index (χ0v) is 16.4. The Balaban J connectivity index is 1.40. The molecule has 1 heterocycles. The first kappa shape index (κ1) is 19.1. The van der Waals surface area contributed by atoms with Crippen LogP contribution in [0.25, 0.3) is 0 Å². The lowest BCUT2D eigenvalue weighted by Crippen LogP contribution is -2.31. The van der Waals surface area contributed by atoms with Gasteiger partial charge in [-0.15, -0.1) is 0 Å². The van der Waals surface area contributed by atoms with Crippen molar-refractivity contribution in [3.63, 3.8) is 0 Å². The van der Waals surface area contributed by atoms with Crippen LogP contribution >= 0.6 is 0 Å². The van der Waals surface area contributed by atoms with Gasteiger partial charge in [-0.3, -0.25) is 4.79 Å². The van der Waals surface area contributed by atoms with Gasteiger partial charge in [0.25, 0.3) is 5.91 Å². The van der Waals surface area contributed by atoms with E-state index < -0.39 is 10.0 Å². The molecule has 1 aliphatic heterocycles. The van der Waals surface area contributed by atoms with E-state index in [9.17, 15) is 13.2 Å². The zero-order valence-electron chi connectivity index (χ0n) is 15.6. The molecule has 7 heteroatoms. The Labute approximate surface area is 165 Å². The second kappa shape index (κ2) is 8.03. The molecule has 0 bridgehead atoms. The number of hydrogen-bond acceptors (Lipinski definition) is 4. The maximum Gasteiger partial charge on any atom is 0.255 e. The molecule has 1 amide bonds. The molecule has 2 aromatic carbocycles. The second-order valence-corrected chi connectivity index (χ2v) is 9.07. The number of aryl methyl sites for hydroxylation is 2. The van der Waals surface area contributed by atoms with Crippen molar-refractivity contribution >= 4 is 21.6 Å². The molecule has 148 valence electrons. The van der Waals surface area contributed by atoms with Crippen molar-refractivity contribution in [3.05, 3.63) is 59.2 Å². The highest BCUT2D eigenvalue weighted by Gasteiger charge is 2.20. The molecule has 0 aromatic heterocycles. The highest BCUT2D eigenvalue weighted by molar-refractivity contribution is 7.89. The van der Waals surface area contributed by atoms with Crippen LogP contribution in [0.15, 0.2) is 47.4 Å². The molecule has 1 saturated heterocycles. The molecular weight excluding hydrogens is 376 g/mol. The number of amides is 1. The second-order valence-electron chi connectivity index (χ2n) is 7.30. The molecule has 2 aliphatic rings. The molecule has 2 aromatic rings. The number of nitrogens with one attached hydrogen (secondary N) is 2. The van der Waals surface area contributed by atoms with Crippen molar-refractivity contribution in [2.24, 2.45) is 0 Å². The summed E-state index contributed by atoms with van der Waals surface area (Å²) >= 11 is 0. The van der Waals surface area contributed by atoms with E-state index in [0.29, 0.717) is 12.2 Å². The van der Waals surface area contributed by atoms with Crippen molar-refractivity contribution in [1.82, 2.24) is 4.72 Å². The van der Waals surface area contributed by atoms with E-state index in [1.165, 1.54) is 35.4 Å². The summed E-state index contributed by atoms with van der Waals surface area (Å²) in [6.07, 6.45) is 5.06. The lowest BCUT2D eigenvalue weighted by molar-refractivity contribution is 0.102. The predicted octanol–water partition coefficient (Wildman–Crippen LogP) is 2.88. The van der Waals surface area contributed by atoms with Gasteiger partial charge in [0.2, 0.25) is 10.0 Å². The van der Waals surface area contributed by atoms with Crippen LogP contribution in [0.3, 0.4) is 0 Å². The summed E-state index contributed by atoms with van der Waals surface area (Å²) in [4.78, 5) is 12.6. The largest absolute Gasteiger partial charge is 0.377 e. The third-order valence-electron chi connectivity index (χ3n) is 5.31. The van der Waals surface area contributed by atoms with Crippen molar-refractivity contribution in [2.45, 2.75) is 43.1 Å². The van der Waals surface area contributed by atoms with Crippen LogP contribution in [0.4, 0.5) is 5.69 Å². The molecule has 0 saturated carbocycles. The summed E-state index contributed by atoms with van der Waals surface area (Å²) in [5, 5.41) is 2.89. The fraction of sp³-hybridized carbons (Fsp3) is 0.381. The van der Waals surface area contributed by atoms with Gasteiger partial charge in [0, 0.05) is 24.4 Å². The van der Waals surface area contributed by atoms with Gasteiger partial charge < -0.3 is 10.1 Å². The molecule has 2 N–H and O–H groups in total. The van der Waals surface area contributed by atoms with Crippen LogP contribution < -0.4 is 10.0 Å². The number of hydrogen-bond donors (Lipinski definition) is 2. The minimum atomic E-state index is -3.62. The average Bonchev–Trinajstić information content (AvgIpc) is 3.38. The summed E-state index contributed by atoms with van der Waals surface area (Å²) < 4.78 is 32.8. The Bertz CT molecular complexity index is 964. The molecule has 6 nitrogen and oxygen atoms in total. The third-order valence-corrected chi connectivity index (χ3v) is 6.75. The highest BCUT2D eigenvalue weighted by Crippen LogP contribution is 2.25. The Hall–Kier alpha value is -2.22. The lowest BCUT2D eigenvalue weighted by atomic mass is 10.1. The van der Waals surface area contributed by atoms with E-state index in [4.69, 9.17) is 4.74 Å². The molecule has 0 spiro atoms. The smallest absolute Gasteiger partial charge is 0.255 e. The number of sulfonamides is 1. The van der Waals surface area contributed by atoms with Crippen LogP contribution in [-0.4, -0.2) is 33.6 Å². The topological polar surface area (TPSA) is 84.5 Å². The highest BCUT2D eigenvalue weighted by atomic mass is 32.2. The summed E-state index contributed by atoms with van der Waals surface area (Å²) in [5.41, 5.74) is 3.82. The number of carbonyl (C=O) groups is 1. The number of anilines is 1. The number of rotatable bonds is 6. The normalized spacial score (nSPS) is 18.8. The van der Waals surface area contributed by atoms with Crippen molar-refractivity contribution in [1.29, 1.82) is 0 Å². The van der Waals surface area contributed by atoms with E-state index in [0.717, 1.165) is 37.8 Å². The van der Waals surface area contributed by atoms with Crippen LogP contribution in [0.2, 0.25) is 0 Å². The van der Waals surface area contributed by atoms with Crippen LogP contribution in [0.5, 0.6) is 0 Å². The first-order chi connectivity index (χ1) is 13.5. The Morgan fingerprint density at radius 1 is 1.04 bits per heavy atom. The van der Waals surface area contributed by atoms with E-state index in [2.05, 4.69) is 16.1 Å². The van der Waals surface area contributed by atoms with E-state index in [1.807, 2.05) is 12.1 Å². The van der Waals surface area contributed by atoms with Gasteiger partial charge >= 0.3 is 0 Å². The third kappa shape index (κ3) is 4.27. The van der Waals surface area contributed by atoms with Crippen LogP contribution in [0, 0.1) is 0 Å². The molecule has 1 atom stereocenters. The van der Waals surface area contributed by atoms with E-state index >= 15 is 0 Å². The minimum absolute atomic E-state index is 0.0628. The van der Waals surface area contributed by atoms with Crippen molar-refractivity contribution < 1.29 is 17.9 Å². The van der Waals surface area contributed by atoms with Crippen LogP contribution in [0.1, 0.15) is 40.7 Å². The SMILES string of the molecule is O=C(Nc1ccc2c(c1)CCC2)c1ccc(S(=O)(=O)NC[C@H]2CCCO2)cc1. The van der Waals surface area contributed by atoms with Gasteiger partial charge in [-0.25, -0.2) is 13.1 Å². The molecule has 4 rings (SSSR count). The first-order valence-electron chi connectivity index (χ1n) is 9.66.